The highest BCUT2D eigenvalue weighted by molar-refractivity contribution is 5.82. The van der Waals surface area contributed by atoms with Gasteiger partial charge in [-0.15, -0.1) is 0 Å². The fourth-order valence-electron chi connectivity index (χ4n) is 2.55. The van der Waals surface area contributed by atoms with Gasteiger partial charge in [0.15, 0.2) is 0 Å². The van der Waals surface area contributed by atoms with E-state index in [2.05, 4.69) is 22.6 Å². The molecule has 2 atom stereocenters. The van der Waals surface area contributed by atoms with E-state index in [-0.39, 0.29) is 6.03 Å². The molecular formula is C14H27N3O3. The first kappa shape index (κ1) is 16.8. The van der Waals surface area contributed by atoms with Crippen molar-refractivity contribution in [3.05, 3.63) is 0 Å². The third-order valence-electron chi connectivity index (χ3n) is 3.72. The Bertz CT molecular complexity index is 323. The predicted octanol–water partition coefficient (Wildman–Crippen LogP) is 1.27. The van der Waals surface area contributed by atoms with Gasteiger partial charge in [-0.25, -0.2) is 9.59 Å². The molecule has 0 aromatic rings. The number of carboxylic acid groups (broad SMARTS) is 1. The lowest BCUT2D eigenvalue weighted by Gasteiger charge is -2.29. The zero-order chi connectivity index (χ0) is 15.0. The number of hydrogen-bond acceptors (Lipinski definition) is 3. The van der Waals surface area contributed by atoms with Crippen LogP contribution in [0.1, 0.15) is 39.0 Å². The van der Waals surface area contributed by atoms with Crippen molar-refractivity contribution < 1.29 is 14.7 Å². The molecule has 1 saturated heterocycles. The number of unbranched alkanes of at least 4 members (excludes halogenated alkanes) is 1. The smallest absolute Gasteiger partial charge is 0.326 e. The molecule has 0 aliphatic carbocycles. The summed E-state index contributed by atoms with van der Waals surface area (Å²) < 4.78 is 0. The Morgan fingerprint density at radius 2 is 2.20 bits per heavy atom. The van der Waals surface area contributed by atoms with Crippen LogP contribution in [-0.2, 0) is 4.79 Å². The number of carboxylic acids is 1. The van der Waals surface area contributed by atoms with Crippen LogP contribution in [0.5, 0.6) is 0 Å². The Kier molecular flexibility index (Phi) is 7.36. The van der Waals surface area contributed by atoms with Gasteiger partial charge in [-0.3, -0.25) is 0 Å². The molecule has 20 heavy (non-hydrogen) atoms. The summed E-state index contributed by atoms with van der Waals surface area (Å²) in [5.41, 5.74) is 0. The molecule has 1 aliphatic heterocycles. The van der Waals surface area contributed by atoms with Gasteiger partial charge >= 0.3 is 12.0 Å². The summed E-state index contributed by atoms with van der Waals surface area (Å²) in [6.07, 6.45) is 4.46. The van der Waals surface area contributed by atoms with Crippen LogP contribution in [-0.4, -0.2) is 54.7 Å². The van der Waals surface area contributed by atoms with Gasteiger partial charge in [0.2, 0.25) is 0 Å². The zero-order valence-electron chi connectivity index (χ0n) is 12.5. The first-order valence-corrected chi connectivity index (χ1v) is 7.48. The Balaban J connectivity index is 2.28. The molecule has 2 unspecified atom stereocenters. The van der Waals surface area contributed by atoms with Crippen molar-refractivity contribution in [1.29, 1.82) is 0 Å². The van der Waals surface area contributed by atoms with Gasteiger partial charge in [0.05, 0.1) is 0 Å². The van der Waals surface area contributed by atoms with Gasteiger partial charge in [0, 0.05) is 13.1 Å². The van der Waals surface area contributed by atoms with E-state index < -0.39 is 12.0 Å². The molecule has 2 amide bonds. The maximum absolute atomic E-state index is 11.7. The number of piperidine rings is 1. The van der Waals surface area contributed by atoms with Gasteiger partial charge < -0.3 is 20.6 Å². The zero-order valence-corrected chi connectivity index (χ0v) is 12.5. The highest BCUT2D eigenvalue weighted by Gasteiger charge is 2.21. The maximum Gasteiger partial charge on any atom is 0.326 e. The maximum atomic E-state index is 11.7. The van der Waals surface area contributed by atoms with Crippen molar-refractivity contribution in [2.45, 2.75) is 45.1 Å². The molecular weight excluding hydrogens is 258 g/mol. The van der Waals surface area contributed by atoms with Crippen LogP contribution in [0.4, 0.5) is 4.79 Å². The molecule has 0 radical (unpaired) electrons. The van der Waals surface area contributed by atoms with Crippen molar-refractivity contribution in [1.82, 2.24) is 15.5 Å². The van der Waals surface area contributed by atoms with Crippen molar-refractivity contribution in [2.75, 3.05) is 26.7 Å². The molecule has 6 heteroatoms. The van der Waals surface area contributed by atoms with Crippen molar-refractivity contribution >= 4 is 12.0 Å². The lowest BCUT2D eigenvalue weighted by molar-refractivity contribution is -0.139. The molecule has 6 nitrogen and oxygen atoms in total. The lowest BCUT2D eigenvalue weighted by atomic mass is 9.99. The van der Waals surface area contributed by atoms with Gasteiger partial charge in [-0.1, -0.05) is 19.8 Å². The van der Waals surface area contributed by atoms with Crippen molar-refractivity contribution in [3.8, 4) is 0 Å². The quantitative estimate of drug-likeness (QED) is 0.658. The van der Waals surface area contributed by atoms with E-state index in [4.69, 9.17) is 5.11 Å². The van der Waals surface area contributed by atoms with E-state index in [1.54, 1.807) is 0 Å². The summed E-state index contributed by atoms with van der Waals surface area (Å²) in [5, 5.41) is 14.4. The average molecular weight is 285 g/mol. The molecule has 1 fully saturated rings. The van der Waals surface area contributed by atoms with Crippen LogP contribution < -0.4 is 10.6 Å². The molecule has 0 aromatic carbocycles. The minimum absolute atomic E-state index is 0.373. The number of urea groups is 1. The van der Waals surface area contributed by atoms with Gasteiger partial charge in [0.1, 0.15) is 6.04 Å². The second-order valence-corrected chi connectivity index (χ2v) is 5.66. The van der Waals surface area contributed by atoms with E-state index in [0.717, 1.165) is 38.8 Å². The topological polar surface area (TPSA) is 81.7 Å². The summed E-state index contributed by atoms with van der Waals surface area (Å²) in [6.45, 7) is 4.70. The average Bonchev–Trinajstić information content (AvgIpc) is 2.41. The largest absolute Gasteiger partial charge is 0.480 e. The van der Waals surface area contributed by atoms with Crippen molar-refractivity contribution in [2.24, 2.45) is 5.92 Å². The number of likely N-dealkylation sites (tertiary alicyclic amines) is 1. The number of hydrogen-bond donors (Lipinski definition) is 3. The van der Waals surface area contributed by atoms with Crippen LogP contribution in [0.25, 0.3) is 0 Å². The first-order chi connectivity index (χ1) is 9.52. The van der Waals surface area contributed by atoms with Gasteiger partial charge in [-0.2, -0.15) is 0 Å². The van der Waals surface area contributed by atoms with Crippen LogP contribution in [0.15, 0.2) is 0 Å². The number of amides is 2. The molecule has 3 N–H and O–H groups in total. The number of aliphatic carboxylic acids is 1. The number of nitrogens with zero attached hydrogens (tertiary/aromatic N) is 1. The molecule has 1 heterocycles. The molecule has 0 spiro atoms. The fourth-order valence-corrected chi connectivity index (χ4v) is 2.55. The monoisotopic (exact) mass is 285 g/mol. The molecule has 1 aliphatic rings. The van der Waals surface area contributed by atoms with Gasteiger partial charge in [-0.05, 0) is 38.8 Å². The van der Waals surface area contributed by atoms with Crippen molar-refractivity contribution in [3.63, 3.8) is 0 Å². The molecule has 0 bridgehead atoms. The second kappa shape index (κ2) is 8.79. The van der Waals surface area contributed by atoms with Crippen LogP contribution >= 0.6 is 0 Å². The van der Waals surface area contributed by atoms with E-state index in [9.17, 15) is 9.59 Å². The van der Waals surface area contributed by atoms with Crippen LogP contribution in [0.2, 0.25) is 0 Å². The Morgan fingerprint density at radius 3 is 2.80 bits per heavy atom. The summed E-state index contributed by atoms with van der Waals surface area (Å²) in [5.74, 6) is -0.510. The molecule has 0 aromatic heterocycles. The first-order valence-electron chi connectivity index (χ1n) is 7.48. The SMILES string of the molecule is CCCCC(NC(=O)NCC1CCCN(C)C1)C(=O)O. The number of carbonyl (C=O) groups excluding carboxylic acids is 1. The minimum Gasteiger partial charge on any atom is -0.480 e. The third-order valence-corrected chi connectivity index (χ3v) is 3.72. The highest BCUT2D eigenvalue weighted by atomic mass is 16.4. The van der Waals surface area contributed by atoms with E-state index in [1.165, 1.54) is 0 Å². The second-order valence-electron chi connectivity index (χ2n) is 5.66. The Labute approximate surface area is 120 Å². The van der Waals surface area contributed by atoms with E-state index >= 15 is 0 Å². The van der Waals surface area contributed by atoms with Crippen LogP contribution in [0, 0.1) is 5.92 Å². The normalized spacial score (nSPS) is 21.2. The Hall–Kier alpha value is -1.30. The van der Waals surface area contributed by atoms with E-state index in [1.807, 2.05) is 6.92 Å². The minimum atomic E-state index is -0.967. The standard InChI is InChI=1S/C14H27N3O3/c1-3-4-7-12(13(18)19)16-14(20)15-9-11-6-5-8-17(2)10-11/h11-12H,3-10H2,1-2H3,(H,18,19)(H2,15,16,20). The Morgan fingerprint density at radius 1 is 1.45 bits per heavy atom. The summed E-state index contributed by atoms with van der Waals surface area (Å²) >= 11 is 0. The molecule has 0 saturated carbocycles. The van der Waals surface area contributed by atoms with Gasteiger partial charge in [0.25, 0.3) is 0 Å². The number of carbonyl (C=O) groups is 2. The summed E-state index contributed by atoms with van der Waals surface area (Å²) in [6, 6.07) is -1.16. The molecule has 116 valence electrons. The lowest BCUT2D eigenvalue weighted by Crippen LogP contribution is -2.48. The fraction of sp³-hybridized carbons (Fsp3) is 0.857. The highest BCUT2D eigenvalue weighted by Crippen LogP contribution is 2.13. The predicted molar refractivity (Wildman–Crippen MR) is 77.7 cm³/mol. The number of rotatable bonds is 7. The molecule has 1 rings (SSSR count). The van der Waals surface area contributed by atoms with E-state index in [0.29, 0.717) is 18.9 Å². The van der Waals surface area contributed by atoms with Crippen LogP contribution in [0.3, 0.4) is 0 Å². The third kappa shape index (κ3) is 6.23. The number of nitrogens with one attached hydrogen (secondary N) is 2. The summed E-state index contributed by atoms with van der Waals surface area (Å²) in [7, 11) is 2.08. The summed E-state index contributed by atoms with van der Waals surface area (Å²) in [4.78, 5) is 25.0.